The number of benzene rings is 1. The molecule has 1 aromatic carbocycles. The number of hydrogen-bond donors (Lipinski definition) is 1. The van der Waals surface area contributed by atoms with Crippen molar-refractivity contribution in [3.8, 4) is 5.75 Å². The maximum absolute atomic E-state index is 12.5. The molecule has 1 aliphatic heterocycles. The molecule has 1 amide bonds. The second kappa shape index (κ2) is 6.57. The highest BCUT2D eigenvalue weighted by Gasteiger charge is 2.32. The number of nitrogens with zero attached hydrogens (tertiary/aromatic N) is 2. The van der Waals surface area contributed by atoms with Crippen LogP contribution in [-0.2, 0) is 4.79 Å². The van der Waals surface area contributed by atoms with Crippen LogP contribution in [0.5, 0.6) is 5.75 Å². The van der Waals surface area contributed by atoms with Crippen LogP contribution in [0.2, 0.25) is 0 Å². The highest BCUT2D eigenvalue weighted by molar-refractivity contribution is 5.79. The molecular formula is C17H25N3O2. The van der Waals surface area contributed by atoms with E-state index in [-0.39, 0.29) is 12.0 Å². The van der Waals surface area contributed by atoms with Gasteiger partial charge in [0.05, 0.1) is 12.8 Å². The Morgan fingerprint density at radius 3 is 2.55 bits per heavy atom. The van der Waals surface area contributed by atoms with Crippen LogP contribution in [0.25, 0.3) is 0 Å². The van der Waals surface area contributed by atoms with Crippen molar-refractivity contribution in [3.63, 3.8) is 0 Å². The summed E-state index contributed by atoms with van der Waals surface area (Å²) in [7, 11) is 1.70. The smallest absolute Gasteiger partial charge is 0.225 e. The van der Waals surface area contributed by atoms with Gasteiger partial charge in [-0.25, -0.2) is 0 Å². The fourth-order valence-corrected chi connectivity index (χ4v) is 3.56. The van der Waals surface area contributed by atoms with E-state index in [0.29, 0.717) is 5.91 Å². The molecule has 0 spiro atoms. The number of hydrogen-bond acceptors (Lipinski definition) is 4. The predicted octanol–water partition coefficient (Wildman–Crippen LogP) is 1.47. The van der Waals surface area contributed by atoms with Gasteiger partial charge in [0.2, 0.25) is 5.91 Å². The number of para-hydroxylation sites is 2. The highest BCUT2D eigenvalue weighted by Crippen LogP contribution is 2.30. The van der Waals surface area contributed by atoms with Crippen LogP contribution in [0.3, 0.4) is 0 Å². The monoisotopic (exact) mass is 303 g/mol. The molecule has 2 atom stereocenters. The van der Waals surface area contributed by atoms with Crippen molar-refractivity contribution in [1.82, 2.24) is 4.90 Å². The van der Waals surface area contributed by atoms with Crippen molar-refractivity contribution < 1.29 is 9.53 Å². The van der Waals surface area contributed by atoms with E-state index in [1.807, 2.05) is 23.1 Å². The topological polar surface area (TPSA) is 58.8 Å². The zero-order valence-electron chi connectivity index (χ0n) is 13.2. The molecule has 1 saturated heterocycles. The minimum Gasteiger partial charge on any atom is -0.495 e. The number of rotatable bonds is 3. The summed E-state index contributed by atoms with van der Waals surface area (Å²) in [4.78, 5) is 16.8. The summed E-state index contributed by atoms with van der Waals surface area (Å²) in [6.07, 6.45) is 2.79. The lowest BCUT2D eigenvalue weighted by molar-refractivity contribution is -0.135. The van der Waals surface area contributed by atoms with Crippen molar-refractivity contribution in [2.75, 3.05) is 38.2 Å². The molecule has 1 aliphatic carbocycles. The third-order valence-corrected chi connectivity index (χ3v) is 4.84. The largest absolute Gasteiger partial charge is 0.495 e. The van der Waals surface area contributed by atoms with Crippen molar-refractivity contribution in [1.29, 1.82) is 0 Å². The minimum atomic E-state index is 0.146. The lowest BCUT2D eigenvalue weighted by atomic mass is 10.1. The Hall–Kier alpha value is -1.75. The van der Waals surface area contributed by atoms with Gasteiger partial charge in [-0.05, 0) is 31.4 Å². The molecule has 0 bridgehead atoms. The van der Waals surface area contributed by atoms with E-state index in [9.17, 15) is 4.79 Å². The van der Waals surface area contributed by atoms with Crippen LogP contribution in [0.15, 0.2) is 24.3 Å². The fraction of sp³-hybridized carbons (Fsp3) is 0.588. The van der Waals surface area contributed by atoms with E-state index >= 15 is 0 Å². The van der Waals surface area contributed by atoms with Crippen LogP contribution in [0, 0.1) is 5.92 Å². The zero-order valence-corrected chi connectivity index (χ0v) is 13.2. The van der Waals surface area contributed by atoms with Gasteiger partial charge in [0.15, 0.2) is 0 Å². The average molecular weight is 303 g/mol. The van der Waals surface area contributed by atoms with Gasteiger partial charge in [-0.1, -0.05) is 12.1 Å². The first kappa shape index (κ1) is 15.2. The summed E-state index contributed by atoms with van der Waals surface area (Å²) < 4.78 is 5.43. The maximum atomic E-state index is 12.5. The number of ether oxygens (including phenoxy) is 1. The standard InChI is InChI=1S/C17H25N3O2/c1-22-16-5-3-2-4-15(16)19-8-10-20(11-9-19)17(21)13-6-7-14(18)12-13/h2-5,13-14H,6-12,18H2,1H3. The normalized spacial score (nSPS) is 25.4. The van der Waals surface area contributed by atoms with Crippen LogP contribution >= 0.6 is 0 Å². The van der Waals surface area contributed by atoms with E-state index in [1.54, 1.807) is 7.11 Å². The van der Waals surface area contributed by atoms with E-state index < -0.39 is 0 Å². The van der Waals surface area contributed by atoms with E-state index in [1.165, 1.54) is 0 Å². The second-order valence-corrected chi connectivity index (χ2v) is 6.25. The lowest BCUT2D eigenvalue weighted by Gasteiger charge is -2.37. The summed E-state index contributed by atoms with van der Waals surface area (Å²) in [5.41, 5.74) is 7.04. The van der Waals surface area contributed by atoms with Gasteiger partial charge in [-0.15, -0.1) is 0 Å². The number of methoxy groups -OCH3 is 1. The third-order valence-electron chi connectivity index (χ3n) is 4.84. The number of anilines is 1. The third kappa shape index (κ3) is 3.04. The molecule has 1 saturated carbocycles. The maximum Gasteiger partial charge on any atom is 0.225 e. The SMILES string of the molecule is COc1ccccc1N1CCN(C(=O)C2CCC(N)C2)CC1. The van der Waals surface area contributed by atoms with Gasteiger partial charge in [0.25, 0.3) is 0 Å². The number of nitrogens with two attached hydrogens (primary N) is 1. The van der Waals surface area contributed by atoms with Crippen molar-refractivity contribution in [2.24, 2.45) is 11.7 Å². The summed E-state index contributed by atoms with van der Waals surface area (Å²) in [6, 6.07) is 8.27. The molecule has 3 rings (SSSR count). The Morgan fingerprint density at radius 1 is 1.18 bits per heavy atom. The lowest BCUT2D eigenvalue weighted by Crippen LogP contribution is -2.50. The molecule has 2 aliphatic rings. The van der Waals surface area contributed by atoms with Gasteiger partial charge >= 0.3 is 0 Å². The van der Waals surface area contributed by atoms with Gasteiger partial charge in [0.1, 0.15) is 5.75 Å². The highest BCUT2D eigenvalue weighted by atomic mass is 16.5. The molecule has 0 aromatic heterocycles. The van der Waals surface area contributed by atoms with Crippen LogP contribution < -0.4 is 15.4 Å². The first-order valence-electron chi connectivity index (χ1n) is 8.11. The van der Waals surface area contributed by atoms with Gasteiger partial charge < -0.3 is 20.3 Å². The number of piperazine rings is 1. The van der Waals surface area contributed by atoms with Crippen LogP contribution in [0.1, 0.15) is 19.3 Å². The Labute approximate surface area is 132 Å². The Bertz CT molecular complexity index is 526. The van der Waals surface area contributed by atoms with Gasteiger partial charge in [-0.3, -0.25) is 4.79 Å². The summed E-state index contributed by atoms with van der Waals surface area (Å²) >= 11 is 0. The van der Waals surface area contributed by atoms with E-state index in [0.717, 1.165) is 56.9 Å². The van der Waals surface area contributed by atoms with Crippen molar-refractivity contribution in [2.45, 2.75) is 25.3 Å². The van der Waals surface area contributed by atoms with Crippen molar-refractivity contribution in [3.05, 3.63) is 24.3 Å². The number of amides is 1. The molecular weight excluding hydrogens is 278 g/mol. The summed E-state index contributed by atoms with van der Waals surface area (Å²) in [5.74, 6) is 1.34. The molecule has 1 heterocycles. The minimum absolute atomic E-state index is 0.146. The number of carbonyl (C=O) groups is 1. The van der Waals surface area contributed by atoms with E-state index in [2.05, 4.69) is 11.0 Å². The first-order chi connectivity index (χ1) is 10.7. The quantitative estimate of drug-likeness (QED) is 0.919. The molecule has 2 N–H and O–H groups in total. The molecule has 22 heavy (non-hydrogen) atoms. The molecule has 2 fully saturated rings. The van der Waals surface area contributed by atoms with Gasteiger partial charge in [-0.2, -0.15) is 0 Å². The molecule has 5 nitrogen and oxygen atoms in total. The Morgan fingerprint density at radius 2 is 1.91 bits per heavy atom. The second-order valence-electron chi connectivity index (χ2n) is 6.25. The summed E-state index contributed by atoms with van der Waals surface area (Å²) in [6.45, 7) is 3.26. The van der Waals surface area contributed by atoms with Crippen molar-refractivity contribution >= 4 is 11.6 Å². The molecule has 0 radical (unpaired) electrons. The predicted molar refractivity (Wildman–Crippen MR) is 87.1 cm³/mol. The average Bonchev–Trinajstić information content (AvgIpc) is 3.01. The Balaban J connectivity index is 1.59. The Kier molecular flexibility index (Phi) is 4.52. The molecule has 2 unspecified atom stereocenters. The van der Waals surface area contributed by atoms with Crippen LogP contribution in [0.4, 0.5) is 5.69 Å². The van der Waals surface area contributed by atoms with Crippen LogP contribution in [-0.4, -0.2) is 50.1 Å². The van der Waals surface area contributed by atoms with Gasteiger partial charge in [0, 0.05) is 38.1 Å². The zero-order chi connectivity index (χ0) is 15.5. The number of carbonyl (C=O) groups excluding carboxylic acids is 1. The van der Waals surface area contributed by atoms with E-state index in [4.69, 9.17) is 10.5 Å². The molecule has 5 heteroatoms. The molecule has 120 valence electrons. The molecule has 1 aromatic rings. The first-order valence-corrected chi connectivity index (χ1v) is 8.11. The summed E-state index contributed by atoms with van der Waals surface area (Å²) in [5, 5.41) is 0. The fourth-order valence-electron chi connectivity index (χ4n) is 3.56.